The summed E-state index contributed by atoms with van der Waals surface area (Å²) in [5, 5.41) is 0. The molecule has 1 aliphatic rings. The van der Waals surface area contributed by atoms with E-state index in [1.807, 2.05) is 20.0 Å². The Hall–Kier alpha value is -1.75. The second-order valence-corrected chi connectivity index (χ2v) is 7.11. The quantitative estimate of drug-likeness (QED) is 0.853. The lowest BCUT2D eigenvalue weighted by molar-refractivity contribution is 0.238. The van der Waals surface area contributed by atoms with Crippen LogP contribution in [0.25, 0.3) is 0 Å². The summed E-state index contributed by atoms with van der Waals surface area (Å²) < 4.78 is 5.52. The predicted molar refractivity (Wildman–Crippen MR) is 84.5 cm³/mol. The van der Waals surface area contributed by atoms with Crippen molar-refractivity contribution in [2.75, 3.05) is 6.54 Å². The molecule has 3 heterocycles. The first-order valence-corrected chi connectivity index (χ1v) is 7.83. The standard InChI is InChI=1S/C17H24N4O/c1-11-15(19-12(2)22-11)10-21-7-6-14-13(9-21)8-18-16(20-14)17(3,4)5/h8H,6-7,9-10H2,1-5H3. The number of hydrogen-bond donors (Lipinski definition) is 0. The van der Waals surface area contributed by atoms with E-state index >= 15 is 0 Å². The normalized spacial score (nSPS) is 15.9. The molecule has 118 valence electrons. The summed E-state index contributed by atoms with van der Waals surface area (Å²) in [6.45, 7) is 13.0. The highest BCUT2D eigenvalue weighted by Crippen LogP contribution is 2.23. The summed E-state index contributed by atoms with van der Waals surface area (Å²) >= 11 is 0. The van der Waals surface area contributed by atoms with Crippen molar-refractivity contribution in [2.45, 2.75) is 59.5 Å². The molecule has 0 bridgehead atoms. The lowest BCUT2D eigenvalue weighted by Crippen LogP contribution is -2.32. The SMILES string of the molecule is Cc1nc(CN2CCc3nc(C(C)(C)C)ncc3C2)c(C)o1. The summed E-state index contributed by atoms with van der Waals surface area (Å²) in [5.74, 6) is 2.59. The maximum Gasteiger partial charge on any atom is 0.191 e. The highest BCUT2D eigenvalue weighted by Gasteiger charge is 2.23. The van der Waals surface area contributed by atoms with Crippen molar-refractivity contribution in [1.82, 2.24) is 19.9 Å². The number of rotatable bonds is 2. The largest absolute Gasteiger partial charge is 0.446 e. The lowest BCUT2D eigenvalue weighted by Gasteiger charge is -2.28. The van der Waals surface area contributed by atoms with Gasteiger partial charge in [-0.2, -0.15) is 0 Å². The summed E-state index contributed by atoms with van der Waals surface area (Å²) in [7, 11) is 0. The van der Waals surface area contributed by atoms with Crippen molar-refractivity contribution in [1.29, 1.82) is 0 Å². The van der Waals surface area contributed by atoms with E-state index in [2.05, 4.69) is 35.6 Å². The van der Waals surface area contributed by atoms with Crippen LogP contribution in [0.4, 0.5) is 0 Å². The third-order valence-corrected chi connectivity index (χ3v) is 4.06. The Labute approximate surface area is 131 Å². The van der Waals surface area contributed by atoms with E-state index in [1.165, 1.54) is 11.3 Å². The summed E-state index contributed by atoms with van der Waals surface area (Å²) in [4.78, 5) is 16.2. The molecule has 0 unspecified atom stereocenters. The average Bonchev–Trinajstić information content (AvgIpc) is 2.75. The molecule has 3 rings (SSSR count). The van der Waals surface area contributed by atoms with Crippen LogP contribution >= 0.6 is 0 Å². The summed E-state index contributed by atoms with van der Waals surface area (Å²) in [6, 6.07) is 0. The first-order valence-electron chi connectivity index (χ1n) is 7.83. The first kappa shape index (κ1) is 15.2. The van der Waals surface area contributed by atoms with E-state index in [4.69, 9.17) is 9.40 Å². The van der Waals surface area contributed by atoms with Gasteiger partial charge in [-0.25, -0.2) is 15.0 Å². The van der Waals surface area contributed by atoms with Gasteiger partial charge in [-0.05, 0) is 6.92 Å². The van der Waals surface area contributed by atoms with E-state index < -0.39 is 0 Å². The molecule has 1 aliphatic heterocycles. The molecule has 0 fully saturated rings. The van der Waals surface area contributed by atoms with E-state index in [1.54, 1.807) is 0 Å². The minimum atomic E-state index is 0.00150. The minimum Gasteiger partial charge on any atom is -0.446 e. The van der Waals surface area contributed by atoms with Crippen molar-refractivity contribution >= 4 is 0 Å². The van der Waals surface area contributed by atoms with Crippen LogP contribution in [-0.2, 0) is 24.9 Å². The van der Waals surface area contributed by atoms with E-state index in [0.29, 0.717) is 0 Å². The van der Waals surface area contributed by atoms with Crippen molar-refractivity contribution in [3.63, 3.8) is 0 Å². The third-order valence-electron chi connectivity index (χ3n) is 4.06. The minimum absolute atomic E-state index is 0.00150. The maximum absolute atomic E-state index is 5.52. The van der Waals surface area contributed by atoms with Gasteiger partial charge in [0.25, 0.3) is 0 Å². The Morgan fingerprint density at radius 2 is 2.00 bits per heavy atom. The second kappa shape index (κ2) is 5.47. The number of aromatic nitrogens is 3. The maximum atomic E-state index is 5.52. The van der Waals surface area contributed by atoms with Gasteiger partial charge in [-0.3, -0.25) is 4.90 Å². The molecule has 0 saturated heterocycles. The molecule has 5 nitrogen and oxygen atoms in total. The van der Waals surface area contributed by atoms with Crippen molar-refractivity contribution < 1.29 is 4.42 Å². The summed E-state index contributed by atoms with van der Waals surface area (Å²) in [5.41, 5.74) is 3.47. The molecule has 2 aromatic heterocycles. The Kier molecular flexibility index (Phi) is 3.77. The number of fused-ring (bicyclic) bond motifs is 1. The monoisotopic (exact) mass is 300 g/mol. The van der Waals surface area contributed by atoms with Gasteiger partial charge in [-0.15, -0.1) is 0 Å². The highest BCUT2D eigenvalue weighted by molar-refractivity contribution is 5.22. The predicted octanol–water partition coefficient (Wildman–Crippen LogP) is 2.94. The van der Waals surface area contributed by atoms with E-state index in [0.717, 1.165) is 49.2 Å². The van der Waals surface area contributed by atoms with Gasteiger partial charge in [0.15, 0.2) is 5.89 Å². The zero-order chi connectivity index (χ0) is 15.9. The molecule has 0 radical (unpaired) electrons. The van der Waals surface area contributed by atoms with Gasteiger partial charge in [0.2, 0.25) is 0 Å². The molecule has 0 spiro atoms. The van der Waals surface area contributed by atoms with Crippen LogP contribution in [0.3, 0.4) is 0 Å². The molecule has 0 N–H and O–H groups in total. The van der Waals surface area contributed by atoms with Crippen molar-refractivity contribution in [2.24, 2.45) is 0 Å². The van der Waals surface area contributed by atoms with Crippen LogP contribution < -0.4 is 0 Å². The molecule has 2 aromatic rings. The average molecular weight is 300 g/mol. The molecular weight excluding hydrogens is 276 g/mol. The van der Waals surface area contributed by atoms with E-state index in [-0.39, 0.29) is 5.41 Å². The Morgan fingerprint density at radius 1 is 1.23 bits per heavy atom. The number of hydrogen-bond acceptors (Lipinski definition) is 5. The van der Waals surface area contributed by atoms with Crippen LogP contribution in [0.5, 0.6) is 0 Å². The van der Waals surface area contributed by atoms with Crippen LogP contribution in [0.2, 0.25) is 0 Å². The molecule has 0 amide bonds. The van der Waals surface area contributed by atoms with E-state index in [9.17, 15) is 0 Å². The van der Waals surface area contributed by atoms with Crippen LogP contribution in [-0.4, -0.2) is 26.4 Å². The van der Waals surface area contributed by atoms with Gasteiger partial charge in [0, 0.05) is 55.8 Å². The zero-order valence-electron chi connectivity index (χ0n) is 14.1. The third kappa shape index (κ3) is 3.04. The lowest BCUT2D eigenvalue weighted by atomic mass is 9.95. The smallest absolute Gasteiger partial charge is 0.191 e. The fraction of sp³-hybridized carbons (Fsp3) is 0.588. The van der Waals surface area contributed by atoms with Gasteiger partial charge < -0.3 is 4.42 Å². The molecule has 0 aliphatic carbocycles. The highest BCUT2D eigenvalue weighted by atomic mass is 16.4. The van der Waals surface area contributed by atoms with Crippen LogP contribution in [0.1, 0.15) is 55.2 Å². The Morgan fingerprint density at radius 3 is 2.64 bits per heavy atom. The number of aryl methyl sites for hydroxylation is 2. The number of nitrogens with zero attached hydrogens (tertiary/aromatic N) is 4. The fourth-order valence-electron chi connectivity index (χ4n) is 2.80. The second-order valence-electron chi connectivity index (χ2n) is 7.11. The first-order chi connectivity index (χ1) is 10.3. The number of oxazole rings is 1. The van der Waals surface area contributed by atoms with Crippen LogP contribution in [0, 0.1) is 13.8 Å². The van der Waals surface area contributed by atoms with Gasteiger partial charge >= 0.3 is 0 Å². The van der Waals surface area contributed by atoms with Crippen molar-refractivity contribution in [3.8, 4) is 0 Å². The molecule has 0 saturated carbocycles. The van der Waals surface area contributed by atoms with Gasteiger partial charge in [-0.1, -0.05) is 20.8 Å². The topological polar surface area (TPSA) is 55.1 Å². The van der Waals surface area contributed by atoms with Gasteiger partial charge in [0.1, 0.15) is 11.6 Å². The molecule has 0 atom stereocenters. The van der Waals surface area contributed by atoms with Gasteiger partial charge in [0.05, 0.1) is 5.69 Å². The fourth-order valence-corrected chi connectivity index (χ4v) is 2.80. The van der Waals surface area contributed by atoms with Crippen LogP contribution in [0.15, 0.2) is 10.6 Å². The molecular formula is C17H24N4O. The molecule has 22 heavy (non-hydrogen) atoms. The Bertz CT molecular complexity index is 684. The Balaban J connectivity index is 1.76. The molecule has 5 heteroatoms. The molecule has 0 aromatic carbocycles. The zero-order valence-corrected chi connectivity index (χ0v) is 14.1. The summed E-state index contributed by atoms with van der Waals surface area (Å²) in [6.07, 6.45) is 2.97. The van der Waals surface area contributed by atoms with Crippen molar-refractivity contribution in [3.05, 3.63) is 40.6 Å².